The molecule has 1 aliphatic rings. The van der Waals surface area contributed by atoms with E-state index < -0.39 is 11.9 Å². The van der Waals surface area contributed by atoms with Gasteiger partial charge >= 0.3 is 11.9 Å². The Hall–Kier alpha value is -3.88. The van der Waals surface area contributed by atoms with E-state index in [9.17, 15) is 19.5 Å². The zero-order valence-electron chi connectivity index (χ0n) is 17.0. The molecule has 1 atom stereocenters. The van der Waals surface area contributed by atoms with Crippen molar-refractivity contribution in [3.05, 3.63) is 59.0 Å². The fourth-order valence-corrected chi connectivity index (χ4v) is 3.80. The van der Waals surface area contributed by atoms with Crippen LogP contribution in [0.1, 0.15) is 46.6 Å². The summed E-state index contributed by atoms with van der Waals surface area (Å²) in [4.78, 5) is 35.6. The molecule has 31 heavy (non-hydrogen) atoms. The van der Waals surface area contributed by atoms with Gasteiger partial charge in [0.15, 0.2) is 0 Å². The first-order valence-electron chi connectivity index (χ1n) is 9.83. The van der Waals surface area contributed by atoms with Gasteiger partial charge in [-0.15, -0.1) is 0 Å². The molecule has 4 rings (SSSR count). The smallest absolute Gasteiger partial charge is 0.335 e. The zero-order valence-corrected chi connectivity index (χ0v) is 17.0. The predicted octanol–water partition coefficient (Wildman–Crippen LogP) is 3.19. The second-order valence-electron chi connectivity index (χ2n) is 7.20. The summed E-state index contributed by atoms with van der Waals surface area (Å²) in [5.74, 6) is -0.537. The van der Waals surface area contributed by atoms with E-state index in [-0.39, 0.29) is 37.0 Å². The van der Waals surface area contributed by atoms with Crippen molar-refractivity contribution in [1.29, 1.82) is 0 Å². The molecule has 1 unspecified atom stereocenters. The van der Waals surface area contributed by atoms with Gasteiger partial charge in [-0.3, -0.25) is 9.59 Å². The SMILES string of the molecule is CCOC(=O)Cn1nc(C)c2c1NC(=O)CC2c1ccc(-c2cccc(C(=O)O)c2)o1. The first kappa shape index (κ1) is 20.4. The summed E-state index contributed by atoms with van der Waals surface area (Å²) in [6.45, 7) is 3.68. The largest absolute Gasteiger partial charge is 0.478 e. The summed E-state index contributed by atoms with van der Waals surface area (Å²) in [6, 6.07) is 9.98. The van der Waals surface area contributed by atoms with Gasteiger partial charge in [0.1, 0.15) is 23.9 Å². The van der Waals surface area contributed by atoms with Gasteiger partial charge in [-0.05, 0) is 38.1 Å². The Kier molecular flexibility index (Phi) is 5.33. The van der Waals surface area contributed by atoms with Gasteiger partial charge in [-0.2, -0.15) is 5.10 Å². The molecule has 0 aliphatic carbocycles. The Morgan fingerprint density at radius 1 is 1.32 bits per heavy atom. The van der Waals surface area contributed by atoms with E-state index in [1.54, 1.807) is 31.2 Å². The number of anilines is 1. The number of benzene rings is 1. The minimum Gasteiger partial charge on any atom is -0.478 e. The van der Waals surface area contributed by atoms with E-state index >= 15 is 0 Å². The Morgan fingerprint density at radius 3 is 2.87 bits per heavy atom. The number of carbonyl (C=O) groups is 3. The molecule has 1 aliphatic heterocycles. The van der Waals surface area contributed by atoms with Crippen molar-refractivity contribution in [3.8, 4) is 11.3 Å². The highest BCUT2D eigenvalue weighted by molar-refractivity contribution is 5.95. The van der Waals surface area contributed by atoms with Crippen molar-refractivity contribution in [2.75, 3.05) is 11.9 Å². The summed E-state index contributed by atoms with van der Waals surface area (Å²) >= 11 is 0. The van der Waals surface area contributed by atoms with Gasteiger partial charge in [0, 0.05) is 17.5 Å². The second kappa shape index (κ2) is 8.10. The summed E-state index contributed by atoms with van der Waals surface area (Å²) in [6.07, 6.45) is 0.168. The number of aromatic carboxylic acids is 1. The van der Waals surface area contributed by atoms with Crippen LogP contribution in [0.3, 0.4) is 0 Å². The van der Waals surface area contributed by atoms with Crippen LogP contribution in [0.5, 0.6) is 0 Å². The Morgan fingerprint density at radius 2 is 2.13 bits per heavy atom. The topological polar surface area (TPSA) is 124 Å². The highest BCUT2D eigenvalue weighted by Gasteiger charge is 2.34. The van der Waals surface area contributed by atoms with Gasteiger partial charge in [0.05, 0.1) is 23.8 Å². The third-order valence-electron chi connectivity index (χ3n) is 5.12. The van der Waals surface area contributed by atoms with Gasteiger partial charge in [0.2, 0.25) is 5.91 Å². The molecule has 9 nitrogen and oxygen atoms in total. The summed E-state index contributed by atoms with van der Waals surface area (Å²) in [7, 11) is 0. The van der Waals surface area contributed by atoms with E-state index in [1.165, 1.54) is 16.8 Å². The molecule has 9 heteroatoms. The number of carbonyl (C=O) groups excluding carboxylic acids is 2. The highest BCUT2D eigenvalue weighted by Crippen LogP contribution is 2.40. The number of nitrogens with zero attached hydrogens (tertiary/aromatic N) is 2. The second-order valence-corrected chi connectivity index (χ2v) is 7.20. The predicted molar refractivity (Wildman–Crippen MR) is 110 cm³/mol. The van der Waals surface area contributed by atoms with Gasteiger partial charge < -0.3 is 19.6 Å². The molecule has 3 aromatic rings. The number of carboxylic acid groups (broad SMARTS) is 1. The van der Waals surface area contributed by atoms with Gasteiger partial charge in [0.25, 0.3) is 0 Å². The number of ether oxygens (including phenoxy) is 1. The van der Waals surface area contributed by atoms with Crippen LogP contribution < -0.4 is 5.32 Å². The van der Waals surface area contributed by atoms with Crippen LogP contribution in [-0.2, 0) is 20.9 Å². The van der Waals surface area contributed by atoms with E-state index in [0.29, 0.717) is 28.6 Å². The minimum absolute atomic E-state index is 0.109. The molecule has 3 heterocycles. The number of hydrogen-bond donors (Lipinski definition) is 2. The molecule has 160 valence electrons. The number of amides is 1. The zero-order chi connectivity index (χ0) is 22.1. The minimum atomic E-state index is -1.02. The molecule has 2 N–H and O–H groups in total. The number of esters is 1. The molecule has 0 radical (unpaired) electrons. The van der Waals surface area contributed by atoms with Crippen molar-refractivity contribution in [2.45, 2.75) is 32.7 Å². The number of aromatic nitrogens is 2. The van der Waals surface area contributed by atoms with Crippen molar-refractivity contribution >= 4 is 23.7 Å². The van der Waals surface area contributed by atoms with Gasteiger partial charge in [-0.25, -0.2) is 9.48 Å². The van der Waals surface area contributed by atoms with Crippen LogP contribution in [0.25, 0.3) is 11.3 Å². The lowest BCUT2D eigenvalue weighted by Gasteiger charge is -2.22. The number of aryl methyl sites for hydroxylation is 1. The van der Waals surface area contributed by atoms with Crippen molar-refractivity contribution < 1.29 is 28.6 Å². The number of furan rings is 1. The summed E-state index contributed by atoms with van der Waals surface area (Å²) in [5, 5.41) is 16.4. The molecule has 0 saturated heterocycles. The molecule has 1 aromatic carbocycles. The highest BCUT2D eigenvalue weighted by atomic mass is 16.5. The molecule has 0 fully saturated rings. The standard InChI is InChI=1S/C22H21N3O6/c1-3-30-19(27)11-25-21-20(12(2)24-25)15(10-18(26)23-21)17-8-7-16(31-17)13-5-4-6-14(9-13)22(28)29/h4-9,15H,3,10-11H2,1-2H3,(H,23,26)(H,28,29). The number of rotatable bonds is 6. The summed E-state index contributed by atoms with van der Waals surface area (Å²) < 4.78 is 12.5. The first-order chi connectivity index (χ1) is 14.9. The number of carboxylic acids is 1. The third kappa shape index (κ3) is 3.94. The monoisotopic (exact) mass is 423 g/mol. The maximum Gasteiger partial charge on any atom is 0.335 e. The molecule has 2 aromatic heterocycles. The molecular weight excluding hydrogens is 402 g/mol. The number of fused-ring (bicyclic) bond motifs is 1. The summed E-state index contributed by atoms with van der Waals surface area (Å²) in [5.41, 5.74) is 2.24. The normalized spacial score (nSPS) is 15.3. The quantitative estimate of drug-likeness (QED) is 0.584. The fraction of sp³-hybridized carbons (Fsp3) is 0.273. The van der Waals surface area contributed by atoms with E-state index in [4.69, 9.17) is 9.15 Å². The van der Waals surface area contributed by atoms with Crippen molar-refractivity contribution in [3.63, 3.8) is 0 Å². The Labute approximate surface area is 177 Å². The van der Waals surface area contributed by atoms with Crippen LogP contribution in [0.15, 0.2) is 40.8 Å². The van der Waals surface area contributed by atoms with Gasteiger partial charge in [-0.1, -0.05) is 12.1 Å². The first-order valence-corrected chi connectivity index (χ1v) is 9.83. The van der Waals surface area contributed by atoms with Crippen molar-refractivity contribution in [2.24, 2.45) is 0 Å². The fourth-order valence-electron chi connectivity index (χ4n) is 3.80. The van der Waals surface area contributed by atoms with Crippen LogP contribution in [-0.4, -0.2) is 39.3 Å². The molecule has 0 spiro atoms. The number of nitrogens with one attached hydrogen (secondary N) is 1. The van der Waals surface area contributed by atoms with Crippen LogP contribution in [0.2, 0.25) is 0 Å². The maximum absolute atomic E-state index is 12.4. The average molecular weight is 423 g/mol. The lowest BCUT2D eigenvalue weighted by molar-refractivity contribution is -0.144. The van der Waals surface area contributed by atoms with Crippen molar-refractivity contribution in [1.82, 2.24) is 9.78 Å². The molecule has 0 saturated carbocycles. The maximum atomic E-state index is 12.4. The lowest BCUT2D eigenvalue weighted by atomic mass is 9.90. The third-order valence-corrected chi connectivity index (χ3v) is 5.12. The van der Waals surface area contributed by atoms with Crippen LogP contribution in [0, 0.1) is 6.92 Å². The van der Waals surface area contributed by atoms with E-state index in [1.807, 2.05) is 6.92 Å². The molecule has 0 bridgehead atoms. The lowest BCUT2D eigenvalue weighted by Crippen LogP contribution is -2.26. The number of hydrogen-bond acceptors (Lipinski definition) is 6. The van der Waals surface area contributed by atoms with Crippen LogP contribution >= 0.6 is 0 Å². The van der Waals surface area contributed by atoms with E-state index in [0.717, 1.165) is 5.56 Å². The average Bonchev–Trinajstić information content (AvgIpc) is 3.33. The molecular formula is C22H21N3O6. The van der Waals surface area contributed by atoms with E-state index in [2.05, 4.69) is 10.4 Å². The Balaban J connectivity index is 1.69. The molecule has 1 amide bonds. The Bertz CT molecular complexity index is 1180. The van der Waals surface area contributed by atoms with Crippen LogP contribution in [0.4, 0.5) is 5.82 Å².